The Hall–Kier alpha value is -1.06. The predicted molar refractivity (Wildman–Crippen MR) is 53.6 cm³/mol. The highest BCUT2D eigenvalue weighted by Crippen LogP contribution is 2.18. The number of nitrogens with one attached hydrogen (secondary N) is 1. The van der Waals surface area contributed by atoms with Crippen LogP contribution in [0.5, 0.6) is 0 Å². The molecular formula is C10H18N2O2. The van der Waals surface area contributed by atoms with Crippen LogP contribution in [-0.2, 0) is 9.59 Å². The summed E-state index contributed by atoms with van der Waals surface area (Å²) in [6.45, 7) is 8.69. The second-order valence-corrected chi connectivity index (χ2v) is 4.98. The summed E-state index contributed by atoms with van der Waals surface area (Å²) in [6, 6.07) is -0.338. The fraction of sp³-hybridized carbons (Fsp3) is 0.800. The summed E-state index contributed by atoms with van der Waals surface area (Å²) in [6.07, 6.45) is 0. The van der Waals surface area contributed by atoms with Crippen molar-refractivity contribution in [3.05, 3.63) is 0 Å². The molecule has 2 amide bonds. The van der Waals surface area contributed by atoms with E-state index in [1.54, 1.807) is 11.8 Å². The fourth-order valence-corrected chi connectivity index (χ4v) is 1.51. The highest BCUT2D eigenvalue weighted by Gasteiger charge is 2.33. The highest BCUT2D eigenvalue weighted by molar-refractivity contribution is 5.94. The van der Waals surface area contributed by atoms with Gasteiger partial charge in [-0.1, -0.05) is 20.8 Å². The van der Waals surface area contributed by atoms with Crippen molar-refractivity contribution < 1.29 is 9.59 Å². The molecule has 0 spiro atoms. The number of carbonyl (C=O) groups is 2. The lowest BCUT2D eigenvalue weighted by Crippen LogP contribution is -2.58. The van der Waals surface area contributed by atoms with E-state index in [0.29, 0.717) is 6.54 Å². The van der Waals surface area contributed by atoms with E-state index in [4.69, 9.17) is 0 Å². The lowest BCUT2D eigenvalue weighted by atomic mass is 9.94. The Labute approximate surface area is 84.7 Å². The summed E-state index contributed by atoms with van der Waals surface area (Å²) in [5.41, 5.74) is 0.0293. The second kappa shape index (κ2) is 3.59. The largest absolute Gasteiger partial charge is 0.345 e. The van der Waals surface area contributed by atoms with E-state index in [2.05, 4.69) is 26.1 Å². The molecule has 0 saturated carbocycles. The van der Waals surface area contributed by atoms with Gasteiger partial charge in [-0.15, -0.1) is 0 Å². The molecular weight excluding hydrogens is 180 g/mol. The first-order valence-electron chi connectivity index (χ1n) is 4.88. The molecule has 0 bridgehead atoms. The van der Waals surface area contributed by atoms with Crippen molar-refractivity contribution in [2.45, 2.75) is 33.7 Å². The zero-order chi connectivity index (χ0) is 10.9. The van der Waals surface area contributed by atoms with Gasteiger partial charge in [0.25, 0.3) is 0 Å². The van der Waals surface area contributed by atoms with E-state index in [1.807, 2.05) is 0 Å². The SMILES string of the molecule is CC1C(=O)NCC(=O)N1CC(C)(C)C. The van der Waals surface area contributed by atoms with Gasteiger partial charge in [0.1, 0.15) is 6.04 Å². The van der Waals surface area contributed by atoms with E-state index in [1.165, 1.54) is 0 Å². The highest BCUT2D eigenvalue weighted by atomic mass is 16.2. The van der Waals surface area contributed by atoms with E-state index in [0.717, 1.165) is 0 Å². The van der Waals surface area contributed by atoms with Crippen LogP contribution in [0.2, 0.25) is 0 Å². The molecule has 1 saturated heterocycles. The van der Waals surface area contributed by atoms with Crippen molar-refractivity contribution in [2.75, 3.05) is 13.1 Å². The maximum absolute atomic E-state index is 11.5. The third-order valence-corrected chi connectivity index (χ3v) is 2.23. The van der Waals surface area contributed by atoms with Crippen molar-refractivity contribution in [3.63, 3.8) is 0 Å². The molecule has 0 radical (unpaired) electrons. The standard InChI is InChI=1S/C10H18N2O2/c1-7-9(14)11-5-8(13)12(7)6-10(2,3)4/h7H,5-6H2,1-4H3,(H,11,14). The van der Waals surface area contributed by atoms with Crippen molar-refractivity contribution in [1.29, 1.82) is 0 Å². The number of hydrogen-bond donors (Lipinski definition) is 1. The van der Waals surface area contributed by atoms with Crippen LogP contribution in [0.1, 0.15) is 27.7 Å². The van der Waals surface area contributed by atoms with Gasteiger partial charge in [0.05, 0.1) is 6.54 Å². The van der Waals surface area contributed by atoms with Crippen LogP contribution in [-0.4, -0.2) is 35.8 Å². The summed E-state index contributed by atoms with van der Waals surface area (Å²) in [5.74, 6) is -0.0547. The summed E-state index contributed by atoms with van der Waals surface area (Å²) in [5, 5.41) is 2.57. The van der Waals surface area contributed by atoms with E-state index in [-0.39, 0.29) is 29.8 Å². The third-order valence-electron chi connectivity index (χ3n) is 2.23. The van der Waals surface area contributed by atoms with Crippen LogP contribution in [0.3, 0.4) is 0 Å². The van der Waals surface area contributed by atoms with Crippen LogP contribution >= 0.6 is 0 Å². The smallest absolute Gasteiger partial charge is 0.242 e. The number of amides is 2. The second-order valence-electron chi connectivity index (χ2n) is 4.98. The van der Waals surface area contributed by atoms with Crippen molar-refractivity contribution in [3.8, 4) is 0 Å². The molecule has 4 heteroatoms. The number of piperazine rings is 1. The first kappa shape index (κ1) is 11.0. The Balaban J connectivity index is 2.73. The number of nitrogens with zero attached hydrogens (tertiary/aromatic N) is 1. The molecule has 14 heavy (non-hydrogen) atoms. The van der Waals surface area contributed by atoms with Gasteiger partial charge < -0.3 is 10.2 Å². The normalized spacial score (nSPS) is 23.7. The molecule has 1 heterocycles. The lowest BCUT2D eigenvalue weighted by molar-refractivity contribution is -0.146. The Kier molecular flexibility index (Phi) is 2.83. The first-order valence-corrected chi connectivity index (χ1v) is 4.88. The zero-order valence-corrected chi connectivity index (χ0v) is 9.26. The molecule has 0 aromatic heterocycles. The Bertz CT molecular complexity index is 255. The number of hydrogen-bond acceptors (Lipinski definition) is 2. The van der Waals surface area contributed by atoms with E-state index in [9.17, 15) is 9.59 Å². The topological polar surface area (TPSA) is 49.4 Å². The van der Waals surface area contributed by atoms with Crippen LogP contribution in [0, 0.1) is 5.41 Å². The summed E-state index contributed by atoms with van der Waals surface area (Å²) in [7, 11) is 0. The molecule has 1 aliphatic heterocycles. The molecule has 0 aromatic rings. The van der Waals surface area contributed by atoms with Gasteiger partial charge in [-0.3, -0.25) is 9.59 Å². The Morgan fingerprint density at radius 2 is 2.00 bits per heavy atom. The van der Waals surface area contributed by atoms with E-state index >= 15 is 0 Å². The fourth-order valence-electron chi connectivity index (χ4n) is 1.51. The molecule has 1 N–H and O–H groups in total. The minimum atomic E-state index is -0.338. The van der Waals surface area contributed by atoms with Crippen LogP contribution in [0.25, 0.3) is 0 Å². The van der Waals surface area contributed by atoms with Gasteiger partial charge in [0, 0.05) is 6.54 Å². The summed E-state index contributed by atoms with van der Waals surface area (Å²) >= 11 is 0. The number of rotatable bonds is 1. The van der Waals surface area contributed by atoms with Crippen molar-refractivity contribution in [1.82, 2.24) is 10.2 Å². The quantitative estimate of drug-likeness (QED) is 0.662. The van der Waals surface area contributed by atoms with E-state index < -0.39 is 0 Å². The van der Waals surface area contributed by atoms with Gasteiger partial charge >= 0.3 is 0 Å². The summed E-state index contributed by atoms with van der Waals surface area (Å²) < 4.78 is 0. The summed E-state index contributed by atoms with van der Waals surface area (Å²) in [4.78, 5) is 24.5. The molecule has 1 atom stereocenters. The van der Waals surface area contributed by atoms with Gasteiger partial charge in [0.15, 0.2) is 0 Å². The molecule has 1 aliphatic rings. The van der Waals surface area contributed by atoms with Crippen LogP contribution < -0.4 is 5.32 Å². The number of carbonyl (C=O) groups excluding carboxylic acids is 2. The zero-order valence-electron chi connectivity index (χ0n) is 9.26. The van der Waals surface area contributed by atoms with Gasteiger partial charge in [-0.25, -0.2) is 0 Å². The predicted octanol–water partition coefficient (Wildman–Crippen LogP) is 0.379. The average Bonchev–Trinajstić information content (AvgIpc) is 2.04. The van der Waals surface area contributed by atoms with Gasteiger partial charge in [-0.2, -0.15) is 0 Å². The lowest BCUT2D eigenvalue weighted by Gasteiger charge is -2.37. The maximum atomic E-state index is 11.5. The molecule has 4 nitrogen and oxygen atoms in total. The van der Waals surface area contributed by atoms with Crippen molar-refractivity contribution >= 4 is 11.8 Å². The monoisotopic (exact) mass is 198 g/mol. The molecule has 80 valence electrons. The molecule has 0 aliphatic carbocycles. The minimum Gasteiger partial charge on any atom is -0.345 e. The average molecular weight is 198 g/mol. The van der Waals surface area contributed by atoms with Crippen LogP contribution in [0.15, 0.2) is 0 Å². The molecule has 1 rings (SSSR count). The van der Waals surface area contributed by atoms with Gasteiger partial charge in [-0.05, 0) is 12.3 Å². The van der Waals surface area contributed by atoms with Crippen molar-refractivity contribution in [2.24, 2.45) is 5.41 Å². The molecule has 0 aromatic carbocycles. The first-order chi connectivity index (χ1) is 6.31. The van der Waals surface area contributed by atoms with Gasteiger partial charge in [0.2, 0.25) is 11.8 Å². The maximum Gasteiger partial charge on any atom is 0.242 e. The minimum absolute atomic E-state index is 0.00650. The Morgan fingerprint density at radius 3 is 2.50 bits per heavy atom. The molecule has 1 fully saturated rings. The molecule has 1 unspecified atom stereocenters. The van der Waals surface area contributed by atoms with Crippen LogP contribution in [0.4, 0.5) is 0 Å². The third kappa shape index (κ3) is 2.47. The Morgan fingerprint density at radius 1 is 1.43 bits per heavy atom.